The quantitative estimate of drug-likeness (QED) is 0.687. The summed E-state index contributed by atoms with van der Waals surface area (Å²) in [5, 5.41) is 7.01. The van der Waals surface area contributed by atoms with Crippen LogP contribution >= 0.6 is 0 Å². The van der Waals surface area contributed by atoms with Crippen molar-refractivity contribution in [2.75, 3.05) is 18.2 Å². The van der Waals surface area contributed by atoms with E-state index in [1.807, 2.05) is 25.1 Å². The van der Waals surface area contributed by atoms with Crippen LogP contribution in [0.4, 0.5) is 5.69 Å². The van der Waals surface area contributed by atoms with Crippen LogP contribution in [0.2, 0.25) is 0 Å². The first-order chi connectivity index (χ1) is 13.3. The molecule has 0 unspecified atom stereocenters. The van der Waals surface area contributed by atoms with Gasteiger partial charge in [-0.25, -0.2) is 13.1 Å². The average Bonchev–Trinajstić information content (AvgIpc) is 3.18. The summed E-state index contributed by atoms with van der Waals surface area (Å²) in [5.74, 6) is 0.196. The summed E-state index contributed by atoms with van der Waals surface area (Å²) in [4.78, 5) is 12.7. The number of benzene rings is 2. The largest absolute Gasteiger partial charge is 0.494 e. The molecule has 1 aromatic heterocycles. The lowest BCUT2D eigenvalue weighted by atomic mass is 10.2. The van der Waals surface area contributed by atoms with Gasteiger partial charge in [0.25, 0.3) is 5.91 Å². The van der Waals surface area contributed by atoms with E-state index in [1.165, 1.54) is 12.1 Å². The molecule has 0 atom stereocenters. The maximum Gasteiger partial charge on any atom is 0.276 e. The third-order valence-corrected chi connectivity index (χ3v) is 5.97. The molecule has 7 nitrogen and oxygen atoms in total. The van der Waals surface area contributed by atoms with Crippen LogP contribution in [0.1, 0.15) is 23.0 Å². The second kappa shape index (κ2) is 7.85. The molecule has 0 spiro atoms. The first-order valence-corrected chi connectivity index (χ1v) is 10.3. The predicted octanol–water partition coefficient (Wildman–Crippen LogP) is 3.24. The van der Waals surface area contributed by atoms with Crippen LogP contribution in [0, 0.1) is 6.92 Å². The lowest BCUT2D eigenvalue weighted by molar-refractivity contribution is 0.102. The second-order valence-electron chi connectivity index (χ2n) is 6.21. The third kappa shape index (κ3) is 4.07. The number of amides is 1. The summed E-state index contributed by atoms with van der Waals surface area (Å²) in [5.41, 5.74) is 2.35. The maximum absolute atomic E-state index is 12.5. The van der Waals surface area contributed by atoms with Crippen molar-refractivity contribution in [1.29, 1.82) is 0 Å². The summed E-state index contributed by atoms with van der Waals surface area (Å²) in [6.07, 6.45) is 1.67. The Hall–Kier alpha value is -3.13. The van der Waals surface area contributed by atoms with Gasteiger partial charge >= 0.3 is 0 Å². The Balaban J connectivity index is 1.84. The van der Waals surface area contributed by atoms with Gasteiger partial charge in [-0.1, -0.05) is 19.1 Å². The van der Waals surface area contributed by atoms with E-state index in [0.717, 1.165) is 11.3 Å². The molecule has 0 aliphatic rings. The standard InChI is InChI=1S/C20H21N3O4S/c1-4-28(25,26)16-7-5-6-15(13-16)21-20(24)17-10-11-23(22-17)18-12-14(2)8-9-19(18)27-3/h5-13H,4H2,1-3H3,(H,21,24). The van der Waals surface area contributed by atoms with Gasteiger partial charge in [-0.05, 0) is 48.9 Å². The van der Waals surface area contributed by atoms with Crippen molar-refractivity contribution < 1.29 is 17.9 Å². The minimum atomic E-state index is -3.35. The lowest BCUT2D eigenvalue weighted by Gasteiger charge is -2.09. The van der Waals surface area contributed by atoms with E-state index in [9.17, 15) is 13.2 Å². The number of anilines is 1. The van der Waals surface area contributed by atoms with E-state index in [4.69, 9.17) is 4.74 Å². The topological polar surface area (TPSA) is 90.3 Å². The Kier molecular flexibility index (Phi) is 5.51. The maximum atomic E-state index is 12.5. The van der Waals surface area contributed by atoms with E-state index in [-0.39, 0.29) is 16.3 Å². The first kappa shape index (κ1) is 19.6. The number of hydrogen-bond donors (Lipinski definition) is 1. The first-order valence-electron chi connectivity index (χ1n) is 8.69. The van der Waals surface area contributed by atoms with Crippen LogP contribution in [-0.2, 0) is 9.84 Å². The number of aryl methyl sites for hydroxylation is 1. The third-order valence-electron chi connectivity index (χ3n) is 4.23. The highest BCUT2D eigenvalue weighted by atomic mass is 32.2. The Morgan fingerprint density at radius 2 is 1.96 bits per heavy atom. The van der Waals surface area contributed by atoms with Gasteiger partial charge in [-0.2, -0.15) is 5.10 Å². The molecule has 0 aliphatic heterocycles. The number of sulfone groups is 1. The number of nitrogens with one attached hydrogen (secondary N) is 1. The van der Waals surface area contributed by atoms with E-state index < -0.39 is 15.7 Å². The number of hydrogen-bond acceptors (Lipinski definition) is 5. The molecule has 3 rings (SSSR count). The monoisotopic (exact) mass is 399 g/mol. The fraction of sp³-hybridized carbons (Fsp3) is 0.200. The average molecular weight is 399 g/mol. The van der Waals surface area contributed by atoms with Gasteiger partial charge in [0.1, 0.15) is 11.4 Å². The highest BCUT2D eigenvalue weighted by Gasteiger charge is 2.15. The normalized spacial score (nSPS) is 11.2. The van der Waals surface area contributed by atoms with Crippen LogP contribution in [0.25, 0.3) is 5.69 Å². The van der Waals surface area contributed by atoms with Crippen molar-refractivity contribution >= 4 is 21.4 Å². The number of ether oxygens (including phenoxy) is 1. The van der Waals surface area contributed by atoms with Gasteiger partial charge in [0.2, 0.25) is 0 Å². The van der Waals surface area contributed by atoms with Crippen LogP contribution in [0.5, 0.6) is 5.75 Å². The number of rotatable bonds is 6. The number of carbonyl (C=O) groups excluding carboxylic acids is 1. The molecule has 3 aromatic rings. The Morgan fingerprint density at radius 3 is 2.68 bits per heavy atom. The fourth-order valence-electron chi connectivity index (χ4n) is 2.69. The van der Waals surface area contributed by atoms with Gasteiger partial charge in [0.15, 0.2) is 15.5 Å². The van der Waals surface area contributed by atoms with Crippen molar-refractivity contribution in [3.05, 3.63) is 66.0 Å². The molecule has 0 radical (unpaired) electrons. The smallest absolute Gasteiger partial charge is 0.276 e. The van der Waals surface area contributed by atoms with Crippen molar-refractivity contribution in [3.63, 3.8) is 0 Å². The van der Waals surface area contributed by atoms with E-state index in [1.54, 1.807) is 43.1 Å². The van der Waals surface area contributed by atoms with Crippen molar-refractivity contribution in [2.45, 2.75) is 18.7 Å². The molecule has 8 heteroatoms. The SMILES string of the molecule is CCS(=O)(=O)c1cccc(NC(=O)c2ccn(-c3cc(C)ccc3OC)n2)c1. The molecule has 0 aliphatic carbocycles. The van der Waals surface area contributed by atoms with Crippen molar-refractivity contribution in [3.8, 4) is 11.4 Å². The molecular weight excluding hydrogens is 378 g/mol. The zero-order chi connectivity index (χ0) is 20.3. The summed E-state index contributed by atoms with van der Waals surface area (Å²) in [6, 6.07) is 13.4. The number of methoxy groups -OCH3 is 1. The molecule has 1 amide bonds. The number of aromatic nitrogens is 2. The van der Waals surface area contributed by atoms with Crippen LogP contribution < -0.4 is 10.1 Å². The lowest BCUT2D eigenvalue weighted by Crippen LogP contribution is -2.14. The van der Waals surface area contributed by atoms with Gasteiger partial charge < -0.3 is 10.1 Å². The molecule has 0 saturated heterocycles. The Bertz CT molecular complexity index is 1120. The second-order valence-corrected chi connectivity index (χ2v) is 8.48. The molecule has 0 fully saturated rings. The van der Waals surface area contributed by atoms with Gasteiger partial charge in [0, 0.05) is 11.9 Å². The summed E-state index contributed by atoms with van der Waals surface area (Å²) < 4.78 is 31.0. The molecule has 146 valence electrons. The zero-order valence-corrected chi connectivity index (χ0v) is 16.7. The number of nitrogens with zero attached hydrogens (tertiary/aromatic N) is 2. The van der Waals surface area contributed by atoms with E-state index >= 15 is 0 Å². The zero-order valence-electron chi connectivity index (χ0n) is 15.8. The predicted molar refractivity (Wildman–Crippen MR) is 107 cm³/mol. The molecule has 1 heterocycles. The Morgan fingerprint density at radius 1 is 1.18 bits per heavy atom. The number of carbonyl (C=O) groups is 1. The van der Waals surface area contributed by atoms with E-state index in [2.05, 4.69) is 10.4 Å². The molecule has 0 bridgehead atoms. The highest BCUT2D eigenvalue weighted by molar-refractivity contribution is 7.91. The summed E-state index contributed by atoms with van der Waals surface area (Å²) in [7, 11) is -1.78. The molecular formula is C20H21N3O4S. The van der Waals surface area contributed by atoms with Crippen LogP contribution in [-0.4, -0.2) is 37.0 Å². The highest BCUT2D eigenvalue weighted by Crippen LogP contribution is 2.24. The molecule has 0 saturated carbocycles. The molecule has 2 aromatic carbocycles. The van der Waals surface area contributed by atoms with Gasteiger partial charge in [-0.3, -0.25) is 4.79 Å². The van der Waals surface area contributed by atoms with Crippen molar-refractivity contribution in [1.82, 2.24) is 9.78 Å². The Labute approximate surface area is 163 Å². The summed E-state index contributed by atoms with van der Waals surface area (Å²) in [6.45, 7) is 3.53. The van der Waals surface area contributed by atoms with Crippen LogP contribution in [0.15, 0.2) is 59.6 Å². The minimum absolute atomic E-state index is 0.00681. The fourth-order valence-corrected chi connectivity index (χ4v) is 3.61. The minimum Gasteiger partial charge on any atom is -0.494 e. The van der Waals surface area contributed by atoms with E-state index in [0.29, 0.717) is 11.4 Å². The molecule has 1 N–H and O–H groups in total. The van der Waals surface area contributed by atoms with Gasteiger partial charge in [0.05, 0.1) is 17.8 Å². The molecule has 28 heavy (non-hydrogen) atoms. The van der Waals surface area contributed by atoms with Gasteiger partial charge in [-0.15, -0.1) is 0 Å². The van der Waals surface area contributed by atoms with Crippen molar-refractivity contribution in [2.24, 2.45) is 0 Å². The van der Waals surface area contributed by atoms with Crippen LogP contribution in [0.3, 0.4) is 0 Å². The summed E-state index contributed by atoms with van der Waals surface area (Å²) >= 11 is 0.